The van der Waals surface area contributed by atoms with Gasteiger partial charge in [0, 0.05) is 0 Å². The largest absolute Gasteiger partial charge is 0.492 e. The summed E-state index contributed by atoms with van der Waals surface area (Å²) < 4.78 is 5.56. The molecule has 0 unspecified atom stereocenters. The average molecular weight is 214 g/mol. The van der Waals surface area contributed by atoms with E-state index in [2.05, 4.69) is 0 Å². The summed E-state index contributed by atoms with van der Waals surface area (Å²) >= 11 is 0. The molecule has 0 spiro atoms. The van der Waals surface area contributed by atoms with Gasteiger partial charge in [-0.05, 0) is 17.5 Å². The number of hydrogen-bond donors (Lipinski definition) is 0. The van der Waals surface area contributed by atoms with Crippen LogP contribution in [0.25, 0.3) is 0 Å². The zero-order valence-corrected chi connectivity index (χ0v) is 9.74. The molecule has 1 aromatic rings. The third-order valence-electron chi connectivity index (χ3n) is 1.92. The summed E-state index contributed by atoms with van der Waals surface area (Å²) in [5.74, 6) is 0.483. The third kappa shape index (κ3) is 3.00. The molecule has 0 bridgehead atoms. The summed E-state index contributed by atoms with van der Waals surface area (Å²) in [6.07, 6.45) is 0. The first kappa shape index (κ1) is 12.1. The lowest BCUT2D eigenvalue weighted by Gasteiger charge is -2.19. The van der Waals surface area contributed by atoms with E-state index in [9.17, 15) is 0 Å². The Morgan fingerprint density at radius 1 is 1.19 bits per heavy atom. The molecule has 82 valence electrons. The lowest BCUT2D eigenvalue weighted by molar-refractivity contribution is 0.197. The Morgan fingerprint density at radius 3 is 2.38 bits per heavy atom. The van der Waals surface area contributed by atoms with E-state index in [4.69, 9.17) is 15.3 Å². The van der Waals surface area contributed by atoms with Crippen molar-refractivity contribution in [2.75, 3.05) is 6.61 Å². The van der Waals surface area contributed by atoms with Gasteiger partial charge in [0.1, 0.15) is 23.5 Å². The Balaban J connectivity index is 2.98. The van der Waals surface area contributed by atoms with Gasteiger partial charge in [-0.2, -0.15) is 10.5 Å². The predicted octanol–water partition coefficient (Wildman–Crippen LogP) is 2.85. The molecule has 1 rings (SSSR count). The molecule has 0 aliphatic carbocycles. The summed E-state index contributed by atoms with van der Waals surface area (Å²) in [4.78, 5) is 0. The highest BCUT2D eigenvalue weighted by molar-refractivity contribution is 5.53. The minimum Gasteiger partial charge on any atom is -0.492 e. The molecule has 16 heavy (non-hydrogen) atoms. The molecule has 1 aromatic carbocycles. The fourth-order valence-corrected chi connectivity index (χ4v) is 1.15. The molecule has 0 heterocycles. The van der Waals surface area contributed by atoms with Crippen molar-refractivity contribution in [2.24, 2.45) is 5.41 Å². The van der Waals surface area contributed by atoms with Gasteiger partial charge in [-0.1, -0.05) is 26.8 Å². The van der Waals surface area contributed by atoms with Crippen LogP contribution in [0.15, 0.2) is 18.2 Å². The van der Waals surface area contributed by atoms with Crippen LogP contribution in [0.3, 0.4) is 0 Å². The van der Waals surface area contributed by atoms with Crippen molar-refractivity contribution in [2.45, 2.75) is 20.8 Å². The lowest BCUT2D eigenvalue weighted by Crippen LogP contribution is -2.17. The molecule has 3 heteroatoms. The summed E-state index contributed by atoms with van der Waals surface area (Å²) in [6, 6.07) is 9.03. The van der Waals surface area contributed by atoms with Crippen LogP contribution in [0.2, 0.25) is 0 Å². The Labute approximate surface area is 95.9 Å². The highest BCUT2D eigenvalue weighted by Crippen LogP contribution is 2.23. The van der Waals surface area contributed by atoms with E-state index in [0.717, 1.165) is 0 Å². The van der Waals surface area contributed by atoms with E-state index in [0.29, 0.717) is 23.5 Å². The fraction of sp³-hybridized carbons (Fsp3) is 0.385. The van der Waals surface area contributed by atoms with Crippen LogP contribution in [-0.2, 0) is 0 Å². The van der Waals surface area contributed by atoms with Crippen LogP contribution in [0, 0.1) is 28.1 Å². The maximum Gasteiger partial charge on any atom is 0.138 e. The van der Waals surface area contributed by atoms with Crippen molar-refractivity contribution in [3.05, 3.63) is 29.3 Å². The molecular weight excluding hydrogens is 200 g/mol. The monoisotopic (exact) mass is 214 g/mol. The van der Waals surface area contributed by atoms with E-state index >= 15 is 0 Å². The molecule has 0 aromatic heterocycles. The normalized spacial score (nSPS) is 10.3. The summed E-state index contributed by atoms with van der Waals surface area (Å²) in [5.41, 5.74) is 0.693. The smallest absolute Gasteiger partial charge is 0.138 e. The van der Waals surface area contributed by atoms with Gasteiger partial charge in [0.05, 0.1) is 12.2 Å². The number of ether oxygens (including phenoxy) is 1. The maximum atomic E-state index is 8.98. The topological polar surface area (TPSA) is 56.8 Å². The van der Waals surface area contributed by atoms with Gasteiger partial charge in [0.15, 0.2) is 0 Å². The zero-order chi connectivity index (χ0) is 12.2. The molecule has 0 N–H and O–H groups in total. The van der Waals surface area contributed by atoms with Gasteiger partial charge in [-0.3, -0.25) is 0 Å². The van der Waals surface area contributed by atoms with E-state index in [1.807, 2.05) is 32.9 Å². The maximum absolute atomic E-state index is 8.98. The molecule has 0 amide bonds. The highest BCUT2D eigenvalue weighted by Gasteiger charge is 2.14. The summed E-state index contributed by atoms with van der Waals surface area (Å²) in [6.45, 7) is 6.66. The minimum absolute atomic E-state index is 0.0232. The standard InChI is InChI=1S/C13H14N2O/c1-13(2,3)9-16-12-6-4-5-10(7-14)11(12)8-15/h4-6H,9H2,1-3H3. The zero-order valence-electron chi connectivity index (χ0n) is 9.74. The first-order valence-electron chi connectivity index (χ1n) is 5.04. The predicted molar refractivity (Wildman–Crippen MR) is 60.8 cm³/mol. The van der Waals surface area contributed by atoms with Crippen molar-refractivity contribution in [1.82, 2.24) is 0 Å². The van der Waals surface area contributed by atoms with Gasteiger partial charge in [0.2, 0.25) is 0 Å². The molecule has 0 aliphatic heterocycles. The van der Waals surface area contributed by atoms with Crippen molar-refractivity contribution in [3.63, 3.8) is 0 Å². The van der Waals surface area contributed by atoms with Gasteiger partial charge in [0.25, 0.3) is 0 Å². The Kier molecular flexibility index (Phi) is 3.53. The van der Waals surface area contributed by atoms with Crippen molar-refractivity contribution in [1.29, 1.82) is 10.5 Å². The second-order valence-corrected chi connectivity index (χ2v) is 4.75. The Hall–Kier alpha value is -2.00. The van der Waals surface area contributed by atoms with Crippen molar-refractivity contribution >= 4 is 0 Å². The number of nitriles is 2. The molecule has 0 radical (unpaired) electrons. The lowest BCUT2D eigenvalue weighted by atomic mass is 9.98. The molecule has 0 atom stereocenters. The van der Waals surface area contributed by atoms with Crippen molar-refractivity contribution < 1.29 is 4.74 Å². The van der Waals surface area contributed by atoms with Gasteiger partial charge < -0.3 is 4.74 Å². The first-order chi connectivity index (χ1) is 7.48. The fourth-order valence-electron chi connectivity index (χ4n) is 1.15. The average Bonchev–Trinajstić information content (AvgIpc) is 2.24. The molecule has 0 saturated heterocycles. The second kappa shape index (κ2) is 4.68. The molecular formula is C13H14N2O. The molecule has 0 aliphatic rings. The van der Waals surface area contributed by atoms with Gasteiger partial charge >= 0.3 is 0 Å². The number of benzene rings is 1. The minimum atomic E-state index is 0.0232. The van der Waals surface area contributed by atoms with Gasteiger partial charge in [-0.15, -0.1) is 0 Å². The SMILES string of the molecule is CC(C)(C)COc1cccc(C#N)c1C#N. The van der Waals surface area contributed by atoms with E-state index in [-0.39, 0.29) is 5.41 Å². The van der Waals surface area contributed by atoms with Crippen LogP contribution >= 0.6 is 0 Å². The number of hydrogen-bond acceptors (Lipinski definition) is 3. The molecule has 3 nitrogen and oxygen atoms in total. The van der Waals surface area contributed by atoms with E-state index in [1.54, 1.807) is 18.2 Å². The Bertz CT molecular complexity index is 458. The van der Waals surface area contributed by atoms with Crippen LogP contribution in [-0.4, -0.2) is 6.61 Å². The quantitative estimate of drug-likeness (QED) is 0.760. The second-order valence-electron chi connectivity index (χ2n) is 4.75. The highest BCUT2D eigenvalue weighted by atomic mass is 16.5. The summed E-state index contributed by atoms with van der Waals surface area (Å²) in [5, 5.41) is 17.8. The van der Waals surface area contributed by atoms with Crippen molar-refractivity contribution in [3.8, 4) is 17.9 Å². The van der Waals surface area contributed by atoms with Crippen LogP contribution < -0.4 is 4.74 Å². The molecule has 0 fully saturated rings. The van der Waals surface area contributed by atoms with Crippen LogP contribution in [0.1, 0.15) is 31.9 Å². The number of rotatable bonds is 2. The van der Waals surface area contributed by atoms with Crippen LogP contribution in [0.4, 0.5) is 0 Å². The van der Waals surface area contributed by atoms with E-state index < -0.39 is 0 Å². The first-order valence-corrected chi connectivity index (χ1v) is 5.04. The Morgan fingerprint density at radius 2 is 1.88 bits per heavy atom. The summed E-state index contributed by atoms with van der Waals surface area (Å²) in [7, 11) is 0. The van der Waals surface area contributed by atoms with E-state index in [1.165, 1.54) is 0 Å². The number of nitrogens with zero attached hydrogens (tertiary/aromatic N) is 2. The molecule has 0 saturated carbocycles. The van der Waals surface area contributed by atoms with Crippen LogP contribution in [0.5, 0.6) is 5.75 Å². The third-order valence-corrected chi connectivity index (χ3v) is 1.92. The van der Waals surface area contributed by atoms with Gasteiger partial charge in [-0.25, -0.2) is 0 Å².